The molecule has 4 aromatic rings. The summed E-state index contributed by atoms with van der Waals surface area (Å²) in [7, 11) is 1.67. The lowest BCUT2D eigenvalue weighted by atomic mass is 9.87. The molecule has 0 saturated heterocycles. The molecule has 0 bridgehead atoms. The Morgan fingerprint density at radius 3 is 2.66 bits per heavy atom. The first-order chi connectivity index (χ1) is 21.3. The van der Waals surface area contributed by atoms with Gasteiger partial charge in [0.15, 0.2) is 0 Å². The Morgan fingerprint density at radius 1 is 1.11 bits per heavy atom. The van der Waals surface area contributed by atoms with E-state index in [-0.39, 0.29) is 18.2 Å². The van der Waals surface area contributed by atoms with Crippen molar-refractivity contribution >= 4 is 72.0 Å². The third-order valence-corrected chi connectivity index (χ3v) is 10.4. The van der Waals surface area contributed by atoms with E-state index in [4.69, 9.17) is 21.3 Å². The molecule has 3 aromatic carbocycles. The maximum Gasteiger partial charge on any atom is 0.226 e. The number of aliphatic imine (C=N–C) groups is 1. The molecule has 1 amide bonds. The topological polar surface area (TPSA) is 75.4 Å². The lowest BCUT2D eigenvalue weighted by Crippen LogP contribution is -2.30. The molecule has 2 heterocycles. The standard InChI is InChI=1S/C35H36BrClN4O2S/c1-5-23-17-25-11-14-28(43-4)18-30(25)34(24-9-12-27(37)13-10-24)39-32(22(3)41-40-21(23)2)19-33(42)38-16-15-26-20-44-35-29(26)7-6-8-31(35)36/h6-14,18,20,23,34H,5,15-17,19H2,1-4H3,(H,38,42)/b39-32?,40-21+,41-22-. The number of carbonyl (C=O) groups excluding carboxylic acids is 1. The van der Waals surface area contributed by atoms with Gasteiger partial charge in [0.25, 0.3) is 0 Å². The number of hydrogen-bond acceptors (Lipinski definition) is 6. The van der Waals surface area contributed by atoms with Crippen LogP contribution >= 0.6 is 38.9 Å². The molecule has 1 aliphatic heterocycles. The summed E-state index contributed by atoms with van der Waals surface area (Å²) in [6, 6.07) is 19.7. The van der Waals surface area contributed by atoms with Crippen molar-refractivity contribution in [3.05, 3.63) is 97.8 Å². The van der Waals surface area contributed by atoms with Crippen LogP contribution in [0.3, 0.4) is 0 Å². The second kappa shape index (κ2) is 14.6. The third-order valence-electron chi connectivity index (χ3n) is 8.12. The molecule has 5 rings (SSSR count). The van der Waals surface area contributed by atoms with Gasteiger partial charge in [-0.3, -0.25) is 9.79 Å². The van der Waals surface area contributed by atoms with Crippen molar-refractivity contribution in [2.75, 3.05) is 13.7 Å². The van der Waals surface area contributed by atoms with Crippen LogP contribution in [0.1, 0.15) is 61.9 Å². The SMILES string of the molecule is CCC1Cc2ccc(OC)cc2C(c2ccc(Cl)cc2)N=C(CC(=O)NCCc2csc3c(Br)cccc23)/C(C)=N\N=C\1C. The number of methoxy groups -OCH3 is 1. The summed E-state index contributed by atoms with van der Waals surface area (Å²) in [5.41, 5.74) is 6.54. The van der Waals surface area contributed by atoms with Gasteiger partial charge in [-0.1, -0.05) is 48.9 Å². The van der Waals surface area contributed by atoms with Crippen molar-refractivity contribution < 1.29 is 9.53 Å². The molecular weight excluding hydrogens is 656 g/mol. The van der Waals surface area contributed by atoms with Gasteiger partial charge >= 0.3 is 0 Å². The number of amides is 1. The van der Waals surface area contributed by atoms with E-state index in [1.807, 2.05) is 50.2 Å². The van der Waals surface area contributed by atoms with E-state index in [0.717, 1.165) is 51.9 Å². The van der Waals surface area contributed by atoms with Gasteiger partial charge in [-0.05, 0) is 112 Å². The summed E-state index contributed by atoms with van der Waals surface area (Å²) >= 11 is 11.6. The summed E-state index contributed by atoms with van der Waals surface area (Å²) < 4.78 is 7.96. The Kier molecular flexibility index (Phi) is 10.7. The number of thiophene rings is 1. The average Bonchev–Trinajstić information content (AvgIpc) is 3.44. The minimum absolute atomic E-state index is 0.0838. The largest absolute Gasteiger partial charge is 0.497 e. The number of ether oxygens (including phenoxy) is 1. The number of carbonyl (C=O) groups is 1. The zero-order valence-corrected chi connectivity index (χ0v) is 28.5. The number of halogens is 2. The fourth-order valence-electron chi connectivity index (χ4n) is 5.50. The minimum Gasteiger partial charge on any atom is -0.497 e. The third kappa shape index (κ3) is 7.48. The molecule has 0 fully saturated rings. The Hall–Kier alpha value is -3.33. The molecule has 1 N–H and O–H groups in total. The first-order valence-electron chi connectivity index (χ1n) is 14.8. The van der Waals surface area contributed by atoms with Crippen molar-refractivity contribution in [2.24, 2.45) is 21.1 Å². The van der Waals surface area contributed by atoms with E-state index in [9.17, 15) is 4.79 Å². The highest BCUT2D eigenvalue weighted by molar-refractivity contribution is 9.10. The monoisotopic (exact) mass is 690 g/mol. The average molecular weight is 692 g/mol. The Balaban J connectivity index is 1.49. The molecule has 1 aromatic heterocycles. The molecule has 1 aliphatic rings. The quantitative estimate of drug-likeness (QED) is 0.200. The van der Waals surface area contributed by atoms with Crippen LogP contribution in [0.5, 0.6) is 5.75 Å². The summed E-state index contributed by atoms with van der Waals surface area (Å²) in [5.74, 6) is 0.855. The smallest absolute Gasteiger partial charge is 0.226 e. The van der Waals surface area contributed by atoms with Crippen molar-refractivity contribution in [3.63, 3.8) is 0 Å². The van der Waals surface area contributed by atoms with Gasteiger partial charge in [0.2, 0.25) is 5.91 Å². The summed E-state index contributed by atoms with van der Waals surface area (Å²) in [6.45, 7) is 6.60. The predicted molar refractivity (Wildman–Crippen MR) is 188 cm³/mol. The van der Waals surface area contributed by atoms with Gasteiger partial charge in [-0.2, -0.15) is 10.2 Å². The lowest BCUT2D eigenvalue weighted by molar-refractivity contribution is -0.119. The minimum atomic E-state index is -0.392. The van der Waals surface area contributed by atoms with Crippen molar-refractivity contribution in [2.45, 2.75) is 52.5 Å². The van der Waals surface area contributed by atoms with Crippen molar-refractivity contribution in [3.8, 4) is 5.75 Å². The molecule has 2 atom stereocenters. The normalized spacial score (nSPS) is 19.5. The zero-order valence-electron chi connectivity index (χ0n) is 25.4. The van der Waals surface area contributed by atoms with Crippen LogP contribution in [-0.2, 0) is 17.6 Å². The maximum atomic E-state index is 13.4. The first kappa shape index (κ1) is 32.1. The van der Waals surface area contributed by atoms with Crippen LogP contribution in [0.15, 0.2) is 85.7 Å². The molecule has 6 nitrogen and oxygen atoms in total. The first-order valence-corrected chi connectivity index (χ1v) is 16.8. The highest BCUT2D eigenvalue weighted by Crippen LogP contribution is 2.35. The molecule has 0 aliphatic carbocycles. The summed E-state index contributed by atoms with van der Waals surface area (Å²) in [5, 5.41) is 16.3. The fourth-order valence-corrected chi connectivity index (χ4v) is 7.28. The van der Waals surface area contributed by atoms with Gasteiger partial charge in [0.1, 0.15) is 11.8 Å². The zero-order chi connectivity index (χ0) is 31.2. The van der Waals surface area contributed by atoms with Crippen LogP contribution in [0.25, 0.3) is 10.1 Å². The van der Waals surface area contributed by atoms with E-state index in [1.54, 1.807) is 18.4 Å². The second-order valence-electron chi connectivity index (χ2n) is 11.0. The molecule has 44 heavy (non-hydrogen) atoms. The predicted octanol–water partition coefficient (Wildman–Crippen LogP) is 9.02. The van der Waals surface area contributed by atoms with Crippen LogP contribution in [0, 0.1) is 5.92 Å². The van der Waals surface area contributed by atoms with Crippen LogP contribution in [0.2, 0.25) is 5.02 Å². The Bertz CT molecular complexity index is 1750. The molecule has 0 radical (unpaired) electrons. The van der Waals surface area contributed by atoms with E-state index in [1.165, 1.54) is 15.6 Å². The molecule has 0 spiro atoms. The molecule has 9 heteroatoms. The molecule has 228 valence electrons. The van der Waals surface area contributed by atoms with E-state index in [0.29, 0.717) is 23.0 Å². The highest BCUT2D eigenvalue weighted by Gasteiger charge is 2.24. The Morgan fingerprint density at radius 2 is 1.91 bits per heavy atom. The van der Waals surface area contributed by atoms with Crippen molar-refractivity contribution in [1.82, 2.24) is 5.32 Å². The van der Waals surface area contributed by atoms with E-state index < -0.39 is 6.04 Å². The summed E-state index contributed by atoms with van der Waals surface area (Å²) in [4.78, 5) is 18.6. The summed E-state index contributed by atoms with van der Waals surface area (Å²) in [6.07, 6.45) is 2.54. The van der Waals surface area contributed by atoms with Crippen LogP contribution in [0.4, 0.5) is 0 Å². The number of nitrogens with one attached hydrogen (secondary N) is 1. The van der Waals surface area contributed by atoms with Crippen molar-refractivity contribution in [1.29, 1.82) is 0 Å². The van der Waals surface area contributed by atoms with E-state index >= 15 is 0 Å². The fraction of sp³-hybridized carbons (Fsp3) is 0.314. The van der Waals surface area contributed by atoms with Gasteiger partial charge in [-0.25, -0.2) is 0 Å². The number of rotatable bonds is 8. The van der Waals surface area contributed by atoms with Gasteiger partial charge in [0.05, 0.1) is 25.0 Å². The number of fused-ring (bicyclic) bond motifs is 2. The highest BCUT2D eigenvalue weighted by atomic mass is 79.9. The molecule has 0 saturated carbocycles. The molecular formula is C35H36BrClN4O2S. The number of benzene rings is 3. The second-order valence-corrected chi connectivity index (χ2v) is 13.2. The van der Waals surface area contributed by atoms with E-state index in [2.05, 4.69) is 68.0 Å². The number of hydrogen-bond donors (Lipinski definition) is 1. The van der Waals surface area contributed by atoms with Crippen LogP contribution < -0.4 is 10.1 Å². The molecule has 2 unspecified atom stereocenters. The van der Waals surface area contributed by atoms with Gasteiger partial charge in [0, 0.05) is 32.4 Å². The van der Waals surface area contributed by atoms with Gasteiger partial charge < -0.3 is 10.1 Å². The lowest BCUT2D eigenvalue weighted by Gasteiger charge is -2.22. The maximum absolute atomic E-state index is 13.4. The Labute approximate surface area is 276 Å². The number of nitrogens with zero attached hydrogens (tertiary/aromatic N) is 3. The van der Waals surface area contributed by atoms with Crippen LogP contribution in [-0.4, -0.2) is 36.7 Å². The van der Waals surface area contributed by atoms with Gasteiger partial charge in [-0.15, -0.1) is 11.3 Å².